The Kier molecular flexibility index (Phi) is 4.42. The summed E-state index contributed by atoms with van der Waals surface area (Å²) in [5, 5.41) is 2.49. The Balaban J connectivity index is 2.02. The number of amides is 1. The number of nitrogens with one attached hydrogen (secondary N) is 1. The highest BCUT2D eigenvalue weighted by Gasteiger charge is 2.16. The van der Waals surface area contributed by atoms with E-state index in [1.165, 1.54) is 25.3 Å². The minimum Gasteiger partial charge on any atom is -0.461 e. The highest BCUT2D eigenvalue weighted by molar-refractivity contribution is 5.92. The summed E-state index contributed by atoms with van der Waals surface area (Å²) in [5.41, 5.74) is 1.03. The average molecular weight is 343 g/mol. The molecule has 8 heteroatoms. The lowest BCUT2D eigenvalue weighted by molar-refractivity contribution is -0.114. The normalized spacial score (nSPS) is 10.7. The van der Waals surface area contributed by atoms with E-state index in [1.807, 2.05) is 0 Å². The number of fused-ring (bicyclic) bond motifs is 1. The Morgan fingerprint density at radius 1 is 1.32 bits per heavy atom. The number of esters is 1. The number of ether oxygens (including phenoxy) is 1. The van der Waals surface area contributed by atoms with Gasteiger partial charge in [-0.15, -0.1) is 0 Å². The molecule has 0 fully saturated rings. The van der Waals surface area contributed by atoms with Crippen molar-refractivity contribution in [3.8, 4) is 11.5 Å². The lowest BCUT2D eigenvalue weighted by atomic mass is 10.2. The molecule has 0 saturated carbocycles. The molecular weight excluding hydrogens is 329 g/mol. The third-order valence-electron chi connectivity index (χ3n) is 3.26. The van der Waals surface area contributed by atoms with Crippen LogP contribution in [0.2, 0.25) is 0 Å². The molecule has 0 atom stereocenters. The van der Waals surface area contributed by atoms with E-state index in [1.54, 1.807) is 13.0 Å². The van der Waals surface area contributed by atoms with Crippen LogP contribution in [0.3, 0.4) is 0 Å². The van der Waals surface area contributed by atoms with Crippen molar-refractivity contribution in [1.29, 1.82) is 0 Å². The number of carbonyl (C=O) groups excluding carboxylic acids is 2. The second kappa shape index (κ2) is 6.68. The zero-order valence-electron chi connectivity index (χ0n) is 13.5. The molecule has 0 saturated heterocycles. The SMILES string of the molecule is CCOC(=O)c1cc(-c2nc3cc(NC(C)=O)cc(F)c3o2)ccn1. The number of benzene rings is 1. The standard InChI is InChI=1S/C17H14FN3O4/c1-3-24-17(23)14-6-10(4-5-19-14)16-21-13-8-11(20-9(2)22)7-12(18)15(13)25-16/h4-8H,3H2,1-2H3,(H,20,22). The van der Waals surface area contributed by atoms with Crippen LogP contribution in [0.5, 0.6) is 0 Å². The highest BCUT2D eigenvalue weighted by atomic mass is 19.1. The van der Waals surface area contributed by atoms with Gasteiger partial charge in [-0.1, -0.05) is 0 Å². The first-order chi connectivity index (χ1) is 12.0. The van der Waals surface area contributed by atoms with E-state index in [-0.39, 0.29) is 40.9 Å². The fourth-order valence-electron chi connectivity index (χ4n) is 2.27. The van der Waals surface area contributed by atoms with E-state index >= 15 is 0 Å². The molecule has 0 aliphatic heterocycles. The smallest absolute Gasteiger partial charge is 0.356 e. The van der Waals surface area contributed by atoms with Gasteiger partial charge in [-0.05, 0) is 25.1 Å². The van der Waals surface area contributed by atoms with E-state index in [2.05, 4.69) is 15.3 Å². The van der Waals surface area contributed by atoms with Crippen molar-refractivity contribution in [1.82, 2.24) is 9.97 Å². The monoisotopic (exact) mass is 343 g/mol. The predicted octanol–water partition coefficient (Wildman–Crippen LogP) is 3.16. The van der Waals surface area contributed by atoms with Crippen molar-refractivity contribution in [2.45, 2.75) is 13.8 Å². The maximum atomic E-state index is 14.2. The third kappa shape index (κ3) is 3.47. The number of oxazole rings is 1. The number of hydrogen-bond donors (Lipinski definition) is 1. The molecule has 25 heavy (non-hydrogen) atoms. The molecular formula is C17H14FN3O4. The van der Waals surface area contributed by atoms with Crippen molar-refractivity contribution >= 4 is 28.7 Å². The summed E-state index contributed by atoms with van der Waals surface area (Å²) in [6.07, 6.45) is 1.41. The Labute approximate surface area is 141 Å². The number of nitrogens with zero attached hydrogens (tertiary/aromatic N) is 2. The third-order valence-corrected chi connectivity index (χ3v) is 3.26. The largest absolute Gasteiger partial charge is 0.461 e. The molecule has 0 bridgehead atoms. The van der Waals surface area contributed by atoms with E-state index < -0.39 is 11.8 Å². The number of carbonyl (C=O) groups is 2. The number of pyridine rings is 1. The minimum absolute atomic E-state index is 0.0430. The molecule has 1 amide bonds. The van der Waals surface area contributed by atoms with Gasteiger partial charge < -0.3 is 14.5 Å². The fourth-order valence-corrected chi connectivity index (χ4v) is 2.27. The molecule has 0 radical (unpaired) electrons. The molecule has 2 heterocycles. The molecule has 1 N–H and O–H groups in total. The van der Waals surface area contributed by atoms with Crippen molar-refractivity contribution in [2.75, 3.05) is 11.9 Å². The molecule has 0 aliphatic rings. The number of halogens is 1. The van der Waals surface area contributed by atoms with Crippen LogP contribution in [-0.2, 0) is 9.53 Å². The van der Waals surface area contributed by atoms with Crippen LogP contribution in [0.25, 0.3) is 22.6 Å². The molecule has 0 unspecified atom stereocenters. The number of anilines is 1. The first-order valence-electron chi connectivity index (χ1n) is 7.49. The minimum atomic E-state index is -0.653. The summed E-state index contributed by atoms with van der Waals surface area (Å²) in [6.45, 7) is 3.24. The van der Waals surface area contributed by atoms with Gasteiger partial charge in [-0.25, -0.2) is 19.2 Å². The maximum Gasteiger partial charge on any atom is 0.356 e. The lowest BCUT2D eigenvalue weighted by Crippen LogP contribution is -2.06. The van der Waals surface area contributed by atoms with Gasteiger partial charge in [-0.2, -0.15) is 0 Å². The van der Waals surface area contributed by atoms with Crippen LogP contribution in [0, 0.1) is 5.82 Å². The molecule has 2 aromatic heterocycles. The molecule has 0 spiro atoms. The summed E-state index contributed by atoms with van der Waals surface area (Å²) in [5.74, 6) is -1.42. The summed E-state index contributed by atoms with van der Waals surface area (Å²) in [6, 6.07) is 5.69. The first kappa shape index (κ1) is 16.6. The molecule has 3 rings (SSSR count). The molecule has 7 nitrogen and oxygen atoms in total. The van der Waals surface area contributed by atoms with Gasteiger partial charge in [0, 0.05) is 30.4 Å². The van der Waals surface area contributed by atoms with Crippen LogP contribution in [0.1, 0.15) is 24.3 Å². The van der Waals surface area contributed by atoms with Gasteiger partial charge in [0.15, 0.2) is 11.4 Å². The topological polar surface area (TPSA) is 94.3 Å². The van der Waals surface area contributed by atoms with Crippen molar-refractivity contribution < 1.29 is 23.1 Å². The van der Waals surface area contributed by atoms with Crippen LogP contribution in [-0.4, -0.2) is 28.5 Å². The van der Waals surface area contributed by atoms with Crippen molar-refractivity contribution in [3.63, 3.8) is 0 Å². The second-order valence-electron chi connectivity index (χ2n) is 5.16. The van der Waals surface area contributed by atoms with Gasteiger partial charge >= 0.3 is 5.97 Å². The van der Waals surface area contributed by atoms with Gasteiger partial charge in [0.2, 0.25) is 11.8 Å². The molecule has 128 valence electrons. The van der Waals surface area contributed by atoms with E-state index in [9.17, 15) is 14.0 Å². The maximum absolute atomic E-state index is 14.2. The first-order valence-corrected chi connectivity index (χ1v) is 7.49. The van der Waals surface area contributed by atoms with Gasteiger partial charge in [0.05, 0.1) is 6.61 Å². The summed E-state index contributed by atoms with van der Waals surface area (Å²) < 4.78 is 24.5. The van der Waals surface area contributed by atoms with Crippen molar-refractivity contribution in [2.24, 2.45) is 0 Å². The Morgan fingerprint density at radius 2 is 2.12 bits per heavy atom. The Morgan fingerprint density at radius 3 is 2.84 bits per heavy atom. The highest BCUT2D eigenvalue weighted by Crippen LogP contribution is 2.28. The average Bonchev–Trinajstić information content (AvgIpc) is 2.99. The van der Waals surface area contributed by atoms with Crippen LogP contribution < -0.4 is 5.32 Å². The fraction of sp³-hybridized carbons (Fsp3) is 0.176. The Bertz CT molecular complexity index is 968. The summed E-state index contributed by atoms with van der Waals surface area (Å²) in [4.78, 5) is 31.0. The summed E-state index contributed by atoms with van der Waals surface area (Å²) >= 11 is 0. The zero-order valence-corrected chi connectivity index (χ0v) is 13.5. The Hall–Kier alpha value is -3.29. The van der Waals surface area contributed by atoms with Crippen LogP contribution in [0.15, 0.2) is 34.9 Å². The van der Waals surface area contributed by atoms with Gasteiger partial charge in [0.25, 0.3) is 0 Å². The van der Waals surface area contributed by atoms with E-state index in [0.29, 0.717) is 5.56 Å². The van der Waals surface area contributed by atoms with Gasteiger partial charge in [0.1, 0.15) is 11.2 Å². The summed E-state index contributed by atoms with van der Waals surface area (Å²) in [7, 11) is 0. The second-order valence-corrected chi connectivity index (χ2v) is 5.16. The van der Waals surface area contributed by atoms with E-state index in [0.717, 1.165) is 6.07 Å². The number of rotatable bonds is 4. The lowest BCUT2D eigenvalue weighted by Gasteiger charge is -2.01. The van der Waals surface area contributed by atoms with Crippen LogP contribution >= 0.6 is 0 Å². The molecule has 0 aliphatic carbocycles. The number of aromatic nitrogens is 2. The van der Waals surface area contributed by atoms with E-state index in [4.69, 9.17) is 9.15 Å². The van der Waals surface area contributed by atoms with Gasteiger partial charge in [-0.3, -0.25) is 4.79 Å². The van der Waals surface area contributed by atoms with Crippen molar-refractivity contribution in [3.05, 3.63) is 42.0 Å². The molecule has 3 aromatic rings. The number of hydrogen-bond acceptors (Lipinski definition) is 6. The predicted molar refractivity (Wildman–Crippen MR) is 87.5 cm³/mol. The zero-order chi connectivity index (χ0) is 18.0. The van der Waals surface area contributed by atoms with Crippen LogP contribution in [0.4, 0.5) is 10.1 Å². The molecule has 1 aromatic carbocycles. The quantitative estimate of drug-likeness (QED) is 0.731.